The van der Waals surface area contributed by atoms with E-state index in [9.17, 15) is 0 Å². The second kappa shape index (κ2) is 7.65. The van der Waals surface area contributed by atoms with Crippen LogP contribution in [0.3, 0.4) is 0 Å². The molecule has 4 nitrogen and oxygen atoms in total. The van der Waals surface area contributed by atoms with Gasteiger partial charge in [0.1, 0.15) is 11.4 Å². The highest BCUT2D eigenvalue weighted by atomic mass is 16.5. The number of nitrogens with one attached hydrogen (secondary N) is 1. The van der Waals surface area contributed by atoms with Crippen LogP contribution in [0.15, 0.2) is 24.3 Å². The molecule has 0 aliphatic carbocycles. The summed E-state index contributed by atoms with van der Waals surface area (Å²) in [5.74, 6) is 0.932. The highest BCUT2D eigenvalue weighted by molar-refractivity contribution is 5.29. The van der Waals surface area contributed by atoms with Crippen LogP contribution in [0, 0.1) is 0 Å². The molecule has 2 atom stereocenters. The summed E-state index contributed by atoms with van der Waals surface area (Å²) in [6.07, 6.45) is 0. The number of ether oxygens (including phenoxy) is 1. The van der Waals surface area contributed by atoms with Gasteiger partial charge in [0.05, 0.1) is 0 Å². The van der Waals surface area contributed by atoms with E-state index in [0.717, 1.165) is 31.9 Å². The van der Waals surface area contributed by atoms with Crippen molar-refractivity contribution in [3.8, 4) is 5.75 Å². The zero-order chi connectivity index (χ0) is 17.0. The van der Waals surface area contributed by atoms with Gasteiger partial charge >= 0.3 is 0 Å². The van der Waals surface area contributed by atoms with Crippen LogP contribution in [0.1, 0.15) is 39.3 Å². The van der Waals surface area contributed by atoms with E-state index in [2.05, 4.69) is 81.2 Å². The summed E-state index contributed by atoms with van der Waals surface area (Å²) in [5, 5.41) is 3.68. The Balaban J connectivity index is 1.86. The molecule has 0 unspecified atom stereocenters. The summed E-state index contributed by atoms with van der Waals surface area (Å²) < 4.78 is 5.88. The standard InChI is InChI=1S/C19H33N3O/c1-15(20-13-17-14-21(5)11-12-22(17)6)16-7-9-18(10-8-16)23-19(2,3)4/h7-10,15,17,20H,11-14H2,1-6H3/t15-,17-/m1/s1. The Morgan fingerprint density at radius 3 is 2.43 bits per heavy atom. The summed E-state index contributed by atoms with van der Waals surface area (Å²) in [6.45, 7) is 12.9. The number of hydrogen-bond donors (Lipinski definition) is 1. The Morgan fingerprint density at radius 2 is 1.83 bits per heavy atom. The Bertz CT molecular complexity index is 480. The summed E-state index contributed by atoms with van der Waals surface area (Å²) in [5.41, 5.74) is 1.15. The molecule has 0 saturated carbocycles. The van der Waals surface area contributed by atoms with Crippen molar-refractivity contribution in [3.05, 3.63) is 29.8 Å². The smallest absolute Gasteiger partial charge is 0.120 e. The van der Waals surface area contributed by atoms with Crippen molar-refractivity contribution in [2.24, 2.45) is 0 Å². The fourth-order valence-electron chi connectivity index (χ4n) is 2.93. The van der Waals surface area contributed by atoms with E-state index in [1.807, 2.05) is 0 Å². The molecule has 1 fully saturated rings. The summed E-state index contributed by atoms with van der Waals surface area (Å²) in [4.78, 5) is 4.87. The van der Waals surface area contributed by atoms with Gasteiger partial charge in [0.15, 0.2) is 0 Å². The van der Waals surface area contributed by atoms with Gasteiger partial charge in [0.25, 0.3) is 0 Å². The quantitative estimate of drug-likeness (QED) is 0.903. The van der Waals surface area contributed by atoms with Gasteiger partial charge in [-0.15, -0.1) is 0 Å². The topological polar surface area (TPSA) is 27.7 Å². The Morgan fingerprint density at radius 1 is 1.17 bits per heavy atom. The molecular formula is C19H33N3O. The van der Waals surface area contributed by atoms with Crippen LogP contribution < -0.4 is 10.1 Å². The molecule has 1 heterocycles. The van der Waals surface area contributed by atoms with E-state index < -0.39 is 0 Å². The van der Waals surface area contributed by atoms with Crippen molar-refractivity contribution >= 4 is 0 Å². The zero-order valence-corrected chi connectivity index (χ0v) is 15.6. The maximum Gasteiger partial charge on any atom is 0.120 e. The van der Waals surface area contributed by atoms with Crippen LogP contribution >= 0.6 is 0 Å². The lowest BCUT2D eigenvalue weighted by molar-refractivity contribution is 0.112. The molecule has 23 heavy (non-hydrogen) atoms. The first-order chi connectivity index (χ1) is 10.7. The van der Waals surface area contributed by atoms with Gasteiger partial charge in [-0.1, -0.05) is 12.1 Å². The molecule has 1 aliphatic rings. The second-order valence-electron chi connectivity index (χ2n) is 7.81. The molecule has 0 radical (unpaired) electrons. The van der Waals surface area contributed by atoms with Crippen molar-refractivity contribution in [1.82, 2.24) is 15.1 Å². The average molecular weight is 319 g/mol. The first kappa shape index (κ1) is 18.2. The molecule has 2 rings (SSSR count). The molecule has 0 spiro atoms. The minimum absolute atomic E-state index is 0.150. The highest BCUT2D eigenvalue weighted by Crippen LogP contribution is 2.21. The van der Waals surface area contributed by atoms with E-state index in [1.165, 1.54) is 5.56 Å². The SMILES string of the molecule is C[C@@H](NC[C@@H]1CN(C)CCN1C)c1ccc(OC(C)(C)C)cc1. The van der Waals surface area contributed by atoms with E-state index in [-0.39, 0.29) is 5.60 Å². The largest absolute Gasteiger partial charge is 0.488 e. The van der Waals surface area contributed by atoms with Crippen LogP contribution in [0.25, 0.3) is 0 Å². The van der Waals surface area contributed by atoms with E-state index in [1.54, 1.807) is 0 Å². The third-order valence-electron chi connectivity index (χ3n) is 4.44. The van der Waals surface area contributed by atoms with Crippen molar-refractivity contribution in [2.45, 2.75) is 45.4 Å². The van der Waals surface area contributed by atoms with Crippen LogP contribution in [0.5, 0.6) is 5.75 Å². The van der Waals surface area contributed by atoms with E-state index >= 15 is 0 Å². The molecule has 1 aliphatic heterocycles. The first-order valence-corrected chi connectivity index (χ1v) is 8.66. The van der Waals surface area contributed by atoms with Gasteiger partial charge in [0.2, 0.25) is 0 Å². The lowest BCUT2D eigenvalue weighted by Gasteiger charge is -2.38. The summed E-state index contributed by atoms with van der Waals surface area (Å²) in [6, 6.07) is 9.39. The molecule has 1 aromatic carbocycles. The number of nitrogens with zero attached hydrogens (tertiary/aromatic N) is 2. The lowest BCUT2D eigenvalue weighted by atomic mass is 10.1. The zero-order valence-electron chi connectivity index (χ0n) is 15.6. The minimum Gasteiger partial charge on any atom is -0.488 e. The third kappa shape index (κ3) is 5.79. The summed E-state index contributed by atoms with van der Waals surface area (Å²) in [7, 11) is 4.43. The van der Waals surface area contributed by atoms with Gasteiger partial charge in [-0.3, -0.25) is 4.90 Å². The molecule has 1 N–H and O–H groups in total. The van der Waals surface area contributed by atoms with Gasteiger partial charge in [-0.05, 0) is 59.5 Å². The predicted molar refractivity (Wildman–Crippen MR) is 97.2 cm³/mol. The Labute approximate surface area is 141 Å². The molecule has 0 bridgehead atoms. The Kier molecular flexibility index (Phi) is 6.06. The molecule has 4 heteroatoms. The normalized spacial score (nSPS) is 22.1. The highest BCUT2D eigenvalue weighted by Gasteiger charge is 2.22. The van der Waals surface area contributed by atoms with Crippen LogP contribution in [-0.2, 0) is 0 Å². The number of likely N-dealkylation sites (N-methyl/N-ethyl adjacent to an activating group) is 2. The average Bonchev–Trinajstić information content (AvgIpc) is 2.47. The monoisotopic (exact) mass is 319 g/mol. The third-order valence-corrected chi connectivity index (χ3v) is 4.44. The molecule has 130 valence electrons. The minimum atomic E-state index is -0.150. The molecule has 1 saturated heterocycles. The fourth-order valence-corrected chi connectivity index (χ4v) is 2.93. The van der Waals surface area contributed by atoms with Gasteiger partial charge < -0.3 is 15.0 Å². The van der Waals surface area contributed by atoms with Crippen molar-refractivity contribution in [1.29, 1.82) is 0 Å². The van der Waals surface area contributed by atoms with E-state index in [0.29, 0.717) is 12.1 Å². The van der Waals surface area contributed by atoms with Crippen LogP contribution in [0.4, 0.5) is 0 Å². The van der Waals surface area contributed by atoms with Gasteiger partial charge in [-0.25, -0.2) is 0 Å². The van der Waals surface area contributed by atoms with Crippen molar-refractivity contribution in [3.63, 3.8) is 0 Å². The van der Waals surface area contributed by atoms with E-state index in [4.69, 9.17) is 4.74 Å². The second-order valence-corrected chi connectivity index (χ2v) is 7.81. The molecule has 1 aromatic rings. The molecule has 0 amide bonds. The van der Waals surface area contributed by atoms with Crippen molar-refractivity contribution < 1.29 is 4.74 Å². The van der Waals surface area contributed by atoms with Gasteiger partial charge in [0, 0.05) is 38.3 Å². The Hall–Kier alpha value is -1.10. The molecular weight excluding hydrogens is 286 g/mol. The van der Waals surface area contributed by atoms with Gasteiger partial charge in [-0.2, -0.15) is 0 Å². The number of hydrogen-bond acceptors (Lipinski definition) is 4. The maximum atomic E-state index is 5.88. The molecule has 0 aromatic heterocycles. The fraction of sp³-hybridized carbons (Fsp3) is 0.684. The van der Waals surface area contributed by atoms with Crippen molar-refractivity contribution in [2.75, 3.05) is 40.3 Å². The van der Waals surface area contributed by atoms with Crippen LogP contribution in [0.2, 0.25) is 0 Å². The van der Waals surface area contributed by atoms with Crippen LogP contribution in [-0.4, -0.2) is 61.7 Å². The summed E-state index contributed by atoms with van der Waals surface area (Å²) >= 11 is 0. The number of rotatable bonds is 5. The number of benzene rings is 1. The predicted octanol–water partition coefficient (Wildman–Crippen LogP) is 2.76. The number of piperazine rings is 1. The lowest BCUT2D eigenvalue weighted by Crippen LogP contribution is -2.53. The maximum absolute atomic E-state index is 5.88. The first-order valence-electron chi connectivity index (χ1n) is 8.66.